The topological polar surface area (TPSA) is 20.2 Å². The molecule has 0 fully saturated rings. The maximum absolute atomic E-state index is 9.77. The fourth-order valence-corrected chi connectivity index (χ4v) is 2.84. The van der Waals surface area contributed by atoms with E-state index in [2.05, 4.69) is 33.6 Å². The van der Waals surface area contributed by atoms with Gasteiger partial charge in [0, 0.05) is 0 Å². The van der Waals surface area contributed by atoms with Gasteiger partial charge in [0.15, 0.2) is 0 Å². The van der Waals surface area contributed by atoms with E-state index < -0.39 is 5.60 Å². The van der Waals surface area contributed by atoms with Gasteiger partial charge in [0.05, 0.1) is 0 Å². The molecule has 124 valence electrons. The smallest absolute Gasteiger partial charge is 0.122 e. The maximum atomic E-state index is 9.77. The minimum absolute atomic E-state index is 0.722. The molecule has 0 saturated carbocycles. The Balaban J connectivity index is 3.57. The molecular weight excluding hydrogens is 256 g/mol. The van der Waals surface area contributed by atoms with Gasteiger partial charge >= 0.3 is 0 Å². The Labute approximate surface area is 133 Å². The van der Waals surface area contributed by atoms with Crippen molar-refractivity contribution in [3.05, 3.63) is 0 Å². The summed E-state index contributed by atoms with van der Waals surface area (Å²) in [5, 5.41) is 9.77. The van der Waals surface area contributed by atoms with E-state index in [1.54, 1.807) is 6.92 Å². The highest BCUT2D eigenvalue weighted by Gasteiger charge is 2.16. The molecule has 3 atom stereocenters. The van der Waals surface area contributed by atoms with Gasteiger partial charge in [-0.15, -0.1) is 6.42 Å². The van der Waals surface area contributed by atoms with Gasteiger partial charge in [-0.1, -0.05) is 78.6 Å². The Hall–Kier alpha value is -0.480. The van der Waals surface area contributed by atoms with Crippen LogP contribution in [-0.4, -0.2) is 10.7 Å². The SMILES string of the molecule is C#C[C@@](C)(O)CCC[C@H](C)CCC[C@H](C)CCCC(C)C. The molecule has 0 heterocycles. The van der Waals surface area contributed by atoms with Gasteiger partial charge in [-0.2, -0.15) is 0 Å². The van der Waals surface area contributed by atoms with Gasteiger partial charge in [-0.05, 0) is 37.5 Å². The summed E-state index contributed by atoms with van der Waals surface area (Å²) in [7, 11) is 0. The standard InChI is InChI=1S/C20H38O/c1-7-20(6,21)16-10-15-19(5)14-9-13-18(4)12-8-11-17(2)3/h1,17-19,21H,8-16H2,2-6H3/t18-,19-,20-/m1/s1. The van der Waals surface area contributed by atoms with Crippen LogP contribution in [0.4, 0.5) is 0 Å². The monoisotopic (exact) mass is 294 g/mol. The van der Waals surface area contributed by atoms with Crippen LogP contribution in [0.2, 0.25) is 0 Å². The van der Waals surface area contributed by atoms with Crippen molar-refractivity contribution in [3.63, 3.8) is 0 Å². The number of hydrogen-bond donors (Lipinski definition) is 1. The van der Waals surface area contributed by atoms with Crippen LogP contribution in [0.3, 0.4) is 0 Å². The Bertz CT molecular complexity index is 285. The van der Waals surface area contributed by atoms with Crippen molar-refractivity contribution in [1.29, 1.82) is 0 Å². The highest BCUT2D eigenvalue weighted by atomic mass is 16.3. The average molecular weight is 295 g/mol. The predicted molar refractivity (Wildman–Crippen MR) is 94.2 cm³/mol. The molecule has 0 aliphatic carbocycles. The molecule has 0 unspecified atom stereocenters. The second-order valence-electron chi connectivity index (χ2n) is 7.78. The van der Waals surface area contributed by atoms with E-state index in [-0.39, 0.29) is 0 Å². The van der Waals surface area contributed by atoms with Gasteiger partial charge in [0.25, 0.3) is 0 Å². The van der Waals surface area contributed by atoms with Crippen LogP contribution in [0.15, 0.2) is 0 Å². The minimum Gasteiger partial charge on any atom is -0.378 e. The number of rotatable bonds is 12. The highest BCUT2D eigenvalue weighted by molar-refractivity contribution is 5.03. The molecule has 0 aromatic carbocycles. The first kappa shape index (κ1) is 20.5. The lowest BCUT2D eigenvalue weighted by atomic mass is 9.90. The van der Waals surface area contributed by atoms with E-state index in [1.807, 2.05) is 0 Å². The van der Waals surface area contributed by atoms with Crippen molar-refractivity contribution in [2.24, 2.45) is 17.8 Å². The predicted octanol–water partition coefficient (Wildman–Crippen LogP) is 5.81. The van der Waals surface area contributed by atoms with E-state index >= 15 is 0 Å². The third-order valence-corrected chi connectivity index (χ3v) is 4.54. The third kappa shape index (κ3) is 12.9. The lowest BCUT2D eigenvalue weighted by molar-refractivity contribution is 0.107. The van der Waals surface area contributed by atoms with Crippen LogP contribution in [0, 0.1) is 30.1 Å². The van der Waals surface area contributed by atoms with Crippen molar-refractivity contribution in [2.75, 3.05) is 0 Å². The molecule has 0 radical (unpaired) electrons. The summed E-state index contributed by atoms with van der Waals surface area (Å²) in [6, 6.07) is 0. The Morgan fingerprint density at radius 2 is 1.29 bits per heavy atom. The lowest BCUT2D eigenvalue weighted by Gasteiger charge is -2.18. The summed E-state index contributed by atoms with van der Waals surface area (Å²) in [4.78, 5) is 0. The molecular formula is C20H38O. The molecule has 0 rings (SSSR count). The number of aliphatic hydroxyl groups is 1. The van der Waals surface area contributed by atoms with E-state index in [0.717, 1.165) is 30.6 Å². The summed E-state index contributed by atoms with van der Waals surface area (Å²) in [6.45, 7) is 11.1. The summed E-state index contributed by atoms with van der Waals surface area (Å²) in [6.07, 6.45) is 16.4. The van der Waals surface area contributed by atoms with Crippen molar-refractivity contribution in [3.8, 4) is 12.3 Å². The molecule has 0 bridgehead atoms. The quantitative estimate of drug-likeness (QED) is 0.450. The van der Waals surface area contributed by atoms with Gasteiger partial charge in [-0.3, -0.25) is 0 Å². The average Bonchev–Trinajstić information content (AvgIpc) is 2.38. The van der Waals surface area contributed by atoms with E-state index in [1.165, 1.54) is 44.9 Å². The number of terminal acetylenes is 1. The molecule has 0 aromatic rings. The van der Waals surface area contributed by atoms with Crippen molar-refractivity contribution in [1.82, 2.24) is 0 Å². The molecule has 0 amide bonds. The fraction of sp³-hybridized carbons (Fsp3) is 0.900. The summed E-state index contributed by atoms with van der Waals surface area (Å²) in [5.74, 6) is 4.93. The van der Waals surface area contributed by atoms with Gasteiger partial charge in [0.1, 0.15) is 5.60 Å². The molecule has 0 aliphatic rings. The van der Waals surface area contributed by atoms with Crippen molar-refractivity contribution < 1.29 is 5.11 Å². The van der Waals surface area contributed by atoms with Crippen LogP contribution in [0.25, 0.3) is 0 Å². The lowest BCUT2D eigenvalue weighted by Crippen LogP contribution is -2.20. The molecule has 0 spiro atoms. The van der Waals surface area contributed by atoms with Crippen LogP contribution < -0.4 is 0 Å². The zero-order valence-electron chi connectivity index (χ0n) is 15.1. The summed E-state index contributed by atoms with van der Waals surface area (Å²) in [5.41, 5.74) is -0.912. The van der Waals surface area contributed by atoms with Gasteiger partial charge in [0.2, 0.25) is 0 Å². The second kappa shape index (κ2) is 11.1. The van der Waals surface area contributed by atoms with Gasteiger partial charge < -0.3 is 5.11 Å². The summed E-state index contributed by atoms with van der Waals surface area (Å²) < 4.78 is 0. The Morgan fingerprint density at radius 1 is 0.857 bits per heavy atom. The molecule has 0 aromatic heterocycles. The maximum Gasteiger partial charge on any atom is 0.122 e. The van der Waals surface area contributed by atoms with Crippen LogP contribution >= 0.6 is 0 Å². The molecule has 0 aliphatic heterocycles. The molecule has 0 saturated heterocycles. The highest BCUT2D eigenvalue weighted by Crippen LogP contribution is 2.22. The number of hydrogen-bond acceptors (Lipinski definition) is 1. The molecule has 1 N–H and O–H groups in total. The Morgan fingerprint density at radius 3 is 1.71 bits per heavy atom. The molecule has 1 nitrogen and oxygen atoms in total. The third-order valence-electron chi connectivity index (χ3n) is 4.54. The first-order chi connectivity index (χ1) is 9.76. The van der Waals surface area contributed by atoms with E-state index in [9.17, 15) is 5.11 Å². The Kier molecular flexibility index (Phi) is 10.9. The fourth-order valence-electron chi connectivity index (χ4n) is 2.84. The molecule has 1 heteroatoms. The normalized spacial score (nSPS) is 17.2. The zero-order valence-corrected chi connectivity index (χ0v) is 15.1. The second-order valence-corrected chi connectivity index (χ2v) is 7.78. The van der Waals surface area contributed by atoms with Crippen LogP contribution in [-0.2, 0) is 0 Å². The first-order valence-electron chi connectivity index (χ1n) is 8.97. The van der Waals surface area contributed by atoms with Crippen LogP contribution in [0.5, 0.6) is 0 Å². The first-order valence-corrected chi connectivity index (χ1v) is 8.97. The van der Waals surface area contributed by atoms with E-state index in [0.29, 0.717) is 0 Å². The van der Waals surface area contributed by atoms with E-state index in [4.69, 9.17) is 6.42 Å². The largest absolute Gasteiger partial charge is 0.378 e. The van der Waals surface area contributed by atoms with Crippen molar-refractivity contribution >= 4 is 0 Å². The van der Waals surface area contributed by atoms with Gasteiger partial charge in [-0.25, -0.2) is 0 Å². The molecule has 21 heavy (non-hydrogen) atoms. The minimum atomic E-state index is -0.912. The van der Waals surface area contributed by atoms with Crippen LogP contribution in [0.1, 0.15) is 92.4 Å². The van der Waals surface area contributed by atoms with Crippen molar-refractivity contribution in [2.45, 2.75) is 98.0 Å². The summed E-state index contributed by atoms with van der Waals surface area (Å²) >= 11 is 0. The zero-order chi connectivity index (χ0) is 16.3.